The van der Waals surface area contributed by atoms with E-state index < -0.39 is 0 Å². The molecule has 2 aliphatic heterocycles. The minimum Gasteiger partial charge on any atom is -0.298 e. The second-order valence-electron chi connectivity index (χ2n) is 3.57. The summed E-state index contributed by atoms with van der Waals surface area (Å²) in [6.45, 7) is 3.62. The van der Waals surface area contributed by atoms with Crippen LogP contribution < -0.4 is 0 Å². The molecular weight excluding hydrogens is 148 g/mol. The molecule has 0 amide bonds. The van der Waals surface area contributed by atoms with Crippen LogP contribution in [0.2, 0.25) is 0 Å². The van der Waals surface area contributed by atoms with Gasteiger partial charge in [0.25, 0.3) is 0 Å². The van der Waals surface area contributed by atoms with Crippen molar-refractivity contribution in [2.75, 3.05) is 19.6 Å². The molecule has 0 unspecified atom stereocenters. The number of hydrogen-bond donors (Lipinski definition) is 0. The highest BCUT2D eigenvalue weighted by atomic mass is 15.1. The Morgan fingerprint density at radius 2 is 2.08 bits per heavy atom. The normalized spacial score (nSPS) is 24.5. The van der Waals surface area contributed by atoms with Crippen molar-refractivity contribution in [1.82, 2.24) is 4.90 Å². The maximum Gasteiger partial charge on any atom is 0.0500 e. The molecule has 66 valence electrons. The van der Waals surface area contributed by atoms with Gasteiger partial charge >= 0.3 is 0 Å². The van der Waals surface area contributed by atoms with Crippen LogP contribution in [-0.2, 0) is 0 Å². The largest absolute Gasteiger partial charge is 0.298 e. The minimum absolute atomic E-state index is 1.08. The maximum absolute atomic E-state index is 4.39. The van der Waals surface area contributed by atoms with E-state index in [4.69, 9.17) is 0 Å². The fraction of sp³-hybridized carbons (Fsp3) is 0.700. The summed E-state index contributed by atoms with van der Waals surface area (Å²) in [6.07, 6.45) is 9.38. The van der Waals surface area contributed by atoms with Gasteiger partial charge in [0.05, 0.1) is 0 Å². The summed E-state index contributed by atoms with van der Waals surface area (Å²) in [7, 11) is 0. The van der Waals surface area contributed by atoms with E-state index in [1.54, 1.807) is 0 Å². The first kappa shape index (κ1) is 7.99. The Hall–Kier alpha value is -0.630. The van der Waals surface area contributed by atoms with E-state index in [1.807, 2.05) is 6.21 Å². The zero-order valence-electron chi connectivity index (χ0n) is 7.50. The van der Waals surface area contributed by atoms with Crippen LogP contribution >= 0.6 is 0 Å². The van der Waals surface area contributed by atoms with E-state index in [-0.39, 0.29) is 0 Å². The second-order valence-corrected chi connectivity index (χ2v) is 3.57. The van der Waals surface area contributed by atoms with Crippen molar-refractivity contribution < 1.29 is 0 Å². The Balaban J connectivity index is 1.85. The van der Waals surface area contributed by atoms with E-state index in [0.29, 0.717) is 0 Å². The first-order valence-electron chi connectivity index (χ1n) is 4.89. The standard InChI is InChI=1S/C10H16N2/c1-2-6-11-10(5-1)9-12-7-3-4-8-12/h5-6H,1-4,7-9H2. The molecule has 0 aromatic rings. The van der Waals surface area contributed by atoms with Crippen molar-refractivity contribution in [3.05, 3.63) is 11.8 Å². The van der Waals surface area contributed by atoms with Gasteiger partial charge in [-0.25, -0.2) is 0 Å². The van der Waals surface area contributed by atoms with Gasteiger partial charge < -0.3 is 0 Å². The topological polar surface area (TPSA) is 15.6 Å². The zero-order valence-corrected chi connectivity index (χ0v) is 7.50. The maximum atomic E-state index is 4.39. The lowest BCUT2D eigenvalue weighted by atomic mass is 10.2. The monoisotopic (exact) mass is 164 g/mol. The molecule has 12 heavy (non-hydrogen) atoms. The quantitative estimate of drug-likeness (QED) is 0.608. The summed E-state index contributed by atoms with van der Waals surface area (Å²) < 4.78 is 0. The highest BCUT2D eigenvalue weighted by Crippen LogP contribution is 2.13. The van der Waals surface area contributed by atoms with Gasteiger partial charge in [0, 0.05) is 18.5 Å². The average Bonchev–Trinajstić information content (AvgIpc) is 2.59. The lowest BCUT2D eigenvalue weighted by molar-refractivity contribution is 0.367. The van der Waals surface area contributed by atoms with Crippen LogP contribution in [-0.4, -0.2) is 30.7 Å². The molecule has 0 aliphatic carbocycles. The van der Waals surface area contributed by atoms with Crippen LogP contribution in [0.1, 0.15) is 25.7 Å². The highest BCUT2D eigenvalue weighted by Gasteiger charge is 2.12. The molecule has 2 heterocycles. The summed E-state index contributed by atoms with van der Waals surface area (Å²) in [4.78, 5) is 6.88. The third-order valence-corrected chi connectivity index (χ3v) is 2.52. The minimum atomic E-state index is 1.08. The van der Waals surface area contributed by atoms with Crippen molar-refractivity contribution >= 4 is 6.21 Å². The van der Waals surface area contributed by atoms with Gasteiger partial charge in [0.1, 0.15) is 0 Å². The van der Waals surface area contributed by atoms with Crippen molar-refractivity contribution in [3.8, 4) is 0 Å². The van der Waals surface area contributed by atoms with E-state index in [2.05, 4.69) is 16.0 Å². The van der Waals surface area contributed by atoms with Crippen molar-refractivity contribution in [2.24, 2.45) is 4.99 Å². The molecule has 0 spiro atoms. The fourth-order valence-corrected chi connectivity index (χ4v) is 1.83. The lowest BCUT2D eigenvalue weighted by Gasteiger charge is -2.15. The van der Waals surface area contributed by atoms with Crippen molar-refractivity contribution in [2.45, 2.75) is 25.7 Å². The van der Waals surface area contributed by atoms with Gasteiger partial charge in [0.15, 0.2) is 0 Å². The molecule has 2 rings (SSSR count). The van der Waals surface area contributed by atoms with E-state index in [0.717, 1.165) is 13.0 Å². The molecule has 0 aromatic carbocycles. The van der Waals surface area contributed by atoms with Gasteiger partial charge in [-0.2, -0.15) is 0 Å². The second kappa shape index (κ2) is 3.85. The molecule has 1 fully saturated rings. The Morgan fingerprint density at radius 3 is 2.75 bits per heavy atom. The van der Waals surface area contributed by atoms with E-state index >= 15 is 0 Å². The molecule has 0 saturated carbocycles. The van der Waals surface area contributed by atoms with E-state index in [9.17, 15) is 0 Å². The van der Waals surface area contributed by atoms with Gasteiger partial charge in [-0.3, -0.25) is 9.89 Å². The summed E-state index contributed by atoms with van der Waals surface area (Å²) in [5, 5.41) is 0. The molecule has 2 aliphatic rings. The molecule has 0 N–H and O–H groups in total. The molecule has 0 radical (unpaired) electrons. The molecule has 0 aromatic heterocycles. The Labute approximate surface area is 74.0 Å². The smallest absolute Gasteiger partial charge is 0.0500 e. The Morgan fingerprint density at radius 1 is 1.25 bits per heavy atom. The van der Waals surface area contributed by atoms with Crippen LogP contribution in [0.5, 0.6) is 0 Å². The predicted octanol–water partition coefficient (Wildman–Crippen LogP) is 1.83. The number of rotatable bonds is 2. The van der Waals surface area contributed by atoms with Crippen molar-refractivity contribution in [3.63, 3.8) is 0 Å². The Kier molecular flexibility index (Phi) is 2.57. The lowest BCUT2D eigenvalue weighted by Crippen LogP contribution is -2.21. The highest BCUT2D eigenvalue weighted by molar-refractivity contribution is 5.60. The molecular formula is C10H16N2. The SMILES string of the molecule is C1=NC(CN2CCCC2)=CCC1. The van der Waals surface area contributed by atoms with E-state index in [1.165, 1.54) is 38.0 Å². The zero-order chi connectivity index (χ0) is 8.23. The third-order valence-electron chi connectivity index (χ3n) is 2.52. The van der Waals surface area contributed by atoms with Crippen LogP contribution in [0.4, 0.5) is 0 Å². The van der Waals surface area contributed by atoms with Crippen molar-refractivity contribution in [1.29, 1.82) is 0 Å². The first-order valence-corrected chi connectivity index (χ1v) is 4.89. The van der Waals surface area contributed by atoms with Crippen LogP contribution in [0, 0.1) is 0 Å². The Bertz CT molecular complexity index is 200. The summed E-state index contributed by atoms with van der Waals surface area (Å²) in [6, 6.07) is 0. The molecule has 2 nitrogen and oxygen atoms in total. The summed E-state index contributed by atoms with van der Waals surface area (Å²) in [5.41, 5.74) is 1.28. The van der Waals surface area contributed by atoms with Crippen LogP contribution in [0.15, 0.2) is 16.8 Å². The molecule has 2 heteroatoms. The average molecular weight is 164 g/mol. The van der Waals surface area contributed by atoms with Gasteiger partial charge in [0.2, 0.25) is 0 Å². The number of aliphatic imine (C=N–C) groups is 1. The fourth-order valence-electron chi connectivity index (χ4n) is 1.83. The molecule has 0 atom stereocenters. The molecule has 0 bridgehead atoms. The summed E-state index contributed by atoms with van der Waals surface area (Å²) in [5.74, 6) is 0. The number of likely N-dealkylation sites (tertiary alicyclic amines) is 1. The molecule has 1 saturated heterocycles. The number of nitrogens with zero attached hydrogens (tertiary/aromatic N) is 2. The number of hydrogen-bond acceptors (Lipinski definition) is 2. The third kappa shape index (κ3) is 1.95. The van der Waals surface area contributed by atoms with Crippen LogP contribution in [0.25, 0.3) is 0 Å². The van der Waals surface area contributed by atoms with Gasteiger partial charge in [-0.15, -0.1) is 0 Å². The first-order chi connectivity index (χ1) is 5.95. The van der Waals surface area contributed by atoms with Gasteiger partial charge in [-0.1, -0.05) is 6.08 Å². The van der Waals surface area contributed by atoms with Gasteiger partial charge in [-0.05, 0) is 38.8 Å². The number of allylic oxidation sites excluding steroid dienone is 1. The summed E-state index contributed by atoms with van der Waals surface area (Å²) >= 11 is 0. The van der Waals surface area contributed by atoms with Crippen LogP contribution in [0.3, 0.4) is 0 Å². The predicted molar refractivity (Wildman–Crippen MR) is 51.5 cm³/mol.